The van der Waals surface area contributed by atoms with Gasteiger partial charge < -0.3 is 15.0 Å². The van der Waals surface area contributed by atoms with Crippen LogP contribution >= 0.6 is 0 Å². The van der Waals surface area contributed by atoms with Crippen molar-refractivity contribution in [2.24, 2.45) is 5.41 Å². The molecule has 0 aliphatic carbocycles. The molecule has 0 spiro atoms. The van der Waals surface area contributed by atoms with Gasteiger partial charge in [-0.3, -0.25) is 4.79 Å². The maximum Gasteiger partial charge on any atom is 0.418 e. The number of ether oxygens (including phenoxy) is 1. The highest BCUT2D eigenvalue weighted by atomic mass is 19.4. The van der Waals surface area contributed by atoms with Crippen LogP contribution in [-0.2, 0) is 15.7 Å². The minimum absolute atomic E-state index is 0.0930. The number of amides is 1. The molecule has 1 fully saturated rings. The van der Waals surface area contributed by atoms with Gasteiger partial charge in [-0.1, -0.05) is 20.8 Å². The van der Waals surface area contributed by atoms with E-state index in [1.165, 1.54) is 12.1 Å². The molecule has 1 aliphatic heterocycles. The fourth-order valence-corrected chi connectivity index (χ4v) is 2.91. The molecule has 1 aromatic carbocycles. The van der Waals surface area contributed by atoms with Crippen LogP contribution in [0, 0.1) is 5.41 Å². The van der Waals surface area contributed by atoms with Crippen molar-refractivity contribution >= 4 is 17.3 Å². The quantitative estimate of drug-likeness (QED) is 0.815. The predicted molar refractivity (Wildman–Crippen MR) is 96.4 cm³/mol. The van der Waals surface area contributed by atoms with E-state index in [9.17, 15) is 18.0 Å². The van der Waals surface area contributed by atoms with Gasteiger partial charge in [0.15, 0.2) is 0 Å². The van der Waals surface area contributed by atoms with Gasteiger partial charge in [-0.15, -0.1) is 0 Å². The van der Waals surface area contributed by atoms with Crippen molar-refractivity contribution in [3.8, 4) is 0 Å². The van der Waals surface area contributed by atoms with Crippen molar-refractivity contribution in [1.29, 1.82) is 0 Å². The van der Waals surface area contributed by atoms with Gasteiger partial charge in [0.05, 0.1) is 11.7 Å². The molecule has 1 N–H and O–H groups in total. The number of carbonyl (C=O) groups is 1. The molecule has 0 saturated carbocycles. The lowest BCUT2D eigenvalue weighted by molar-refractivity contribution is -0.137. The number of benzene rings is 1. The van der Waals surface area contributed by atoms with Crippen LogP contribution in [0.15, 0.2) is 18.2 Å². The van der Waals surface area contributed by atoms with Crippen molar-refractivity contribution in [3.05, 3.63) is 23.8 Å². The van der Waals surface area contributed by atoms with Gasteiger partial charge in [0.1, 0.15) is 0 Å². The summed E-state index contributed by atoms with van der Waals surface area (Å²) in [5.74, 6) is -0.290. The molecule has 0 aromatic heterocycles. The molecule has 0 unspecified atom stereocenters. The van der Waals surface area contributed by atoms with E-state index in [1.54, 1.807) is 25.9 Å². The Balaban J connectivity index is 2.27. The first-order valence-electron chi connectivity index (χ1n) is 8.89. The average Bonchev–Trinajstić information content (AvgIpc) is 2.61. The van der Waals surface area contributed by atoms with E-state index in [2.05, 4.69) is 5.32 Å². The molecule has 0 bridgehead atoms. The molecule has 7 heteroatoms. The molecule has 1 amide bonds. The fourth-order valence-electron chi connectivity index (χ4n) is 2.91. The maximum atomic E-state index is 13.6. The van der Waals surface area contributed by atoms with Gasteiger partial charge in [-0.25, -0.2) is 0 Å². The Labute approximate surface area is 152 Å². The number of hydrogen-bond acceptors (Lipinski definition) is 3. The Hall–Kier alpha value is -1.76. The molecular formula is C19H27F3N2O2. The molecule has 2 rings (SSSR count). The van der Waals surface area contributed by atoms with Crippen LogP contribution in [0.4, 0.5) is 24.5 Å². The second kappa shape index (κ2) is 7.86. The summed E-state index contributed by atoms with van der Waals surface area (Å²) in [6.45, 7) is 6.42. The predicted octanol–water partition coefficient (Wildman–Crippen LogP) is 4.70. The lowest BCUT2D eigenvalue weighted by atomic mass is 9.89. The molecule has 0 atom stereocenters. The zero-order valence-electron chi connectivity index (χ0n) is 15.7. The SMILES string of the molecule is CCC(C)(C)C(=O)Nc1ccc(N2CCC(OC)CC2)c(C(F)(F)F)c1. The molecule has 1 aromatic rings. The Morgan fingerprint density at radius 3 is 2.38 bits per heavy atom. The van der Waals surface area contributed by atoms with E-state index in [0.29, 0.717) is 32.4 Å². The second-order valence-electron chi connectivity index (χ2n) is 7.34. The minimum Gasteiger partial charge on any atom is -0.381 e. The lowest BCUT2D eigenvalue weighted by Crippen LogP contribution is -2.37. The molecule has 0 radical (unpaired) electrons. The number of hydrogen-bond donors (Lipinski definition) is 1. The van der Waals surface area contributed by atoms with Gasteiger partial charge >= 0.3 is 6.18 Å². The average molecular weight is 372 g/mol. The highest BCUT2D eigenvalue weighted by Crippen LogP contribution is 2.39. The Morgan fingerprint density at radius 2 is 1.88 bits per heavy atom. The van der Waals surface area contributed by atoms with Gasteiger partial charge in [0.2, 0.25) is 5.91 Å². The van der Waals surface area contributed by atoms with Gasteiger partial charge in [-0.05, 0) is 37.5 Å². The summed E-state index contributed by atoms with van der Waals surface area (Å²) >= 11 is 0. The molecule has 1 heterocycles. The van der Waals surface area contributed by atoms with Crippen LogP contribution in [0.2, 0.25) is 0 Å². The van der Waals surface area contributed by atoms with E-state index in [4.69, 9.17) is 4.74 Å². The second-order valence-corrected chi connectivity index (χ2v) is 7.34. The smallest absolute Gasteiger partial charge is 0.381 e. The number of nitrogens with zero attached hydrogens (tertiary/aromatic N) is 1. The van der Waals surface area contributed by atoms with Crippen LogP contribution in [-0.4, -0.2) is 32.2 Å². The van der Waals surface area contributed by atoms with Crippen LogP contribution in [0.1, 0.15) is 45.6 Å². The molecule has 26 heavy (non-hydrogen) atoms. The van der Waals surface area contributed by atoms with Crippen LogP contribution in [0.25, 0.3) is 0 Å². The van der Waals surface area contributed by atoms with Crippen molar-refractivity contribution in [2.75, 3.05) is 30.4 Å². The third-order valence-corrected chi connectivity index (χ3v) is 5.17. The largest absolute Gasteiger partial charge is 0.418 e. The zero-order chi connectivity index (χ0) is 19.5. The summed E-state index contributed by atoms with van der Waals surface area (Å²) in [6, 6.07) is 4.02. The number of carbonyl (C=O) groups excluding carboxylic acids is 1. The van der Waals surface area contributed by atoms with Crippen LogP contribution in [0.5, 0.6) is 0 Å². The van der Waals surface area contributed by atoms with E-state index < -0.39 is 17.2 Å². The van der Waals surface area contributed by atoms with Crippen molar-refractivity contribution in [2.45, 2.75) is 52.3 Å². The van der Waals surface area contributed by atoms with Gasteiger partial charge in [0.25, 0.3) is 0 Å². The first-order chi connectivity index (χ1) is 12.1. The normalized spacial score (nSPS) is 16.7. The summed E-state index contributed by atoms with van der Waals surface area (Å²) in [7, 11) is 1.62. The van der Waals surface area contributed by atoms with Crippen molar-refractivity contribution in [3.63, 3.8) is 0 Å². The Bertz CT molecular complexity index is 636. The standard InChI is InChI=1S/C19H27F3N2O2/c1-5-18(2,3)17(25)23-13-6-7-16(15(12-13)19(20,21)22)24-10-8-14(26-4)9-11-24/h6-7,12,14H,5,8-11H2,1-4H3,(H,23,25). The number of alkyl halides is 3. The highest BCUT2D eigenvalue weighted by Gasteiger charge is 2.36. The summed E-state index contributed by atoms with van der Waals surface area (Å²) in [5.41, 5.74) is -1.04. The summed E-state index contributed by atoms with van der Waals surface area (Å²) in [6.07, 6.45) is -2.42. The highest BCUT2D eigenvalue weighted by molar-refractivity contribution is 5.95. The Morgan fingerprint density at radius 1 is 1.27 bits per heavy atom. The maximum absolute atomic E-state index is 13.6. The van der Waals surface area contributed by atoms with E-state index in [0.717, 1.165) is 6.07 Å². The van der Waals surface area contributed by atoms with E-state index in [-0.39, 0.29) is 23.4 Å². The van der Waals surface area contributed by atoms with Gasteiger partial charge in [0, 0.05) is 37.0 Å². The number of rotatable bonds is 5. The summed E-state index contributed by atoms with van der Waals surface area (Å²) < 4.78 is 46.1. The molecule has 4 nitrogen and oxygen atoms in total. The lowest BCUT2D eigenvalue weighted by Gasteiger charge is -2.34. The molecular weight excluding hydrogens is 345 g/mol. The Kier molecular flexibility index (Phi) is 6.21. The number of methoxy groups -OCH3 is 1. The first-order valence-corrected chi connectivity index (χ1v) is 8.89. The van der Waals surface area contributed by atoms with Crippen molar-refractivity contribution < 1.29 is 22.7 Å². The molecule has 1 aliphatic rings. The molecule has 1 saturated heterocycles. The van der Waals surface area contributed by atoms with E-state index in [1.807, 2.05) is 6.92 Å². The minimum atomic E-state index is -4.49. The zero-order valence-corrected chi connectivity index (χ0v) is 15.7. The van der Waals surface area contributed by atoms with Gasteiger partial charge in [-0.2, -0.15) is 13.2 Å². The number of anilines is 2. The monoisotopic (exact) mass is 372 g/mol. The van der Waals surface area contributed by atoms with Crippen molar-refractivity contribution in [1.82, 2.24) is 0 Å². The fraction of sp³-hybridized carbons (Fsp3) is 0.632. The van der Waals surface area contributed by atoms with Crippen LogP contribution < -0.4 is 10.2 Å². The number of halogens is 3. The number of nitrogens with one attached hydrogen (secondary N) is 1. The number of piperidine rings is 1. The van der Waals surface area contributed by atoms with E-state index >= 15 is 0 Å². The third-order valence-electron chi connectivity index (χ3n) is 5.17. The first kappa shape index (κ1) is 20.6. The molecule has 146 valence electrons. The van der Waals surface area contributed by atoms with Crippen LogP contribution in [0.3, 0.4) is 0 Å². The third kappa shape index (κ3) is 4.69. The summed E-state index contributed by atoms with van der Waals surface area (Å²) in [5, 5.41) is 2.61. The summed E-state index contributed by atoms with van der Waals surface area (Å²) in [4.78, 5) is 14.0. The topological polar surface area (TPSA) is 41.6 Å².